The largest absolute Gasteiger partial charge is 0.419 e. The van der Waals surface area contributed by atoms with Crippen molar-refractivity contribution in [3.8, 4) is 0 Å². The molecule has 2 heterocycles. The van der Waals surface area contributed by atoms with Crippen LogP contribution in [0.5, 0.6) is 0 Å². The third kappa shape index (κ3) is 2.09. The average Bonchev–Trinajstić information content (AvgIpc) is 2.45. The first-order chi connectivity index (χ1) is 9.58. The normalized spacial score (nSPS) is 11.2. The van der Waals surface area contributed by atoms with Gasteiger partial charge in [0.1, 0.15) is 0 Å². The second-order valence-corrected chi connectivity index (χ2v) is 4.77. The van der Waals surface area contributed by atoms with Gasteiger partial charge in [-0.2, -0.15) is 0 Å². The molecule has 108 valence electrons. The zero-order valence-electron chi connectivity index (χ0n) is 12.5. The van der Waals surface area contributed by atoms with Gasteiger partial charge in [0, 0.05) is 22.3 Å². The monoisotopic (exact) mass is 276 g/mol. The van der Waals surface area contributed by atoms with Crippen LogP contribution in [0, 0.1) is 0 Å². The van der Waals surface area contributed by atoms with Crippen LogP contribution in [0.25, 0.3) is 11.2 Å². The van der Waals surface area contributed by atoms with Gasteiger partial charge in [0.05, 0.1) is 0 Å². The third-order valence-electron chi connectivity index (χ3n) is 3.78. The van der Waals surface area contributed by atoms with E-state index in [1.165, 1.54) is 0 Å². The first-order valence-electron chi connectivity index (χ1n) is 7.22. The Balaban J connectivity index is 3.05. The van der Waals surface area contributed by atoms with E-state index in [0.29, 0.717) is 48.0 Å². The standard InChI is InChI=1S/C16H20O4/c1-5-9-11(7-3)15(17)20-14-10(6-2)12(8-4)16(18)19-13(9)14/h5-8H2,1-4H3. The summed E-state index contributed by atoms with van der Waals surface area (Å²) < 4.78 is 10.9. The minimum absolute atomic E-state index is 0.317. The van der Waals surface area contributed by atoms with E-state index in [0.717, 1.165) is 11.1 Å². The smallest absolute Gasteiger partial charge is 0.339 e. The van der Waals surface area contributed by atoms with E-state index in [9.17, 15) is 9.59 Å². The predicted molar refractivity (Wildman–Crippen MR) is 78.5 cm³/mol. The zero-order valence-corrected chi connectivity index (χ0v) is 12.5. The van der Waals surface area contributed by atoms with Gasteiger partial charge in [-0.15, -0.1) is 0 Å². The van der Waals surface area contributed by atoms with Crippen LogP contribution in [-0.2, 0) is 25.7 Å². The topological polar surface area (TPSA) is 60.4 Å². The molecule has 0 saturated heterocycles. The Hall–Kier alpha value is -1.84. The van der Waals surface area contributed by atoms with E-state index in [-0.39, 0.29) is 11.3 Å². The summed E-state index contributed by atoms with van der Waals surface area (Å²) in [5.74, 6) is 0. The molecule has 0 aromatic carbocycles. The average molecular weight is 276 g/mol. The van der Waals surface area contributed by atoms with Gasteiger partial charge in [-0.3, -0.25) is 0 Å². The van der Waals surface area contributed by atoms with Crippen molar-refractivity contribution in [2.45, 2.75) is 53.4 Å². The second kappa shape index (κ2) is 5.65. The van der Waals surface area contributed by atoms with Gasteiger partial charge in [-0.05, 0) is 25.7 Å². The summed E-state index contributed by atoms with van der Waals surface area (Å²) in [6.45, 7) is 7.70. The van der Waals surface area contributed by atoms with Crippen molar-refractivity contribution in [3.63, 3.8) is 0 Å². The van der Waals surface area contributed by atoms with Crippen molar-refractivity contribution in [2.75, 3.05) is 0 Å². The van der Waals surface area contributed by atoms with Gasteiger partial charge in [0.25, 0.3) is 0 Å². The third-order valence-corrected chi connectivity index (χ3v) is 3.78. The maximum atomic E-state index is 12.1. The molecule has 2 aromatic rings. The van der Waals surface area contributed by atoms with Crippen molar-refractivity contribution in [1.29, 1.82) is 0 Å². The Labute approximate surface area is 117 Å². The SMILES string of the molecule is CCc1c(CC)c2oc(=O)c(CC)c(CC)c2oc1=O. The van der Waals surface area contributed by atoms with Crippen LogP contribution < -0.4 is 11.3 Å². The highest BCUT2D eigenvalue weighted by molar-refractivity contribution is 5.78. The molecule has 2 rings (SSSR count). The lowest BCUT2D eigenvalue weighted by Crippen LogP contribution is -2.16. The molecule has 0 spiro atoms. The number of hydrogen-bond acceptors (Lipinski definition) is 4. The summed E-state index contributed by atoms with van der Waals surface area (Å²) in [7, 11) is 0. The fourth-order valence-electron chi connectivity index (χ4n) is 2.78. The van der Waals surface area contributed by atoms with E-state index >= 15 is 0 Å². The highest BCUT2D eigenvalue weighted by atomic mass is 16.4. The quantitative estimate of drug-likeness (QED) is 0.861. The minimum Gasteiger partial charge on any atom is -0.419 e. The molecule has 2 aromatic heterocycles. The van der Waals surface area contributed by atoms with Gasteiger partial charge in [-0.1, -0.05) is 27.7 Å². The second-order valence-electron chi connectivity index (χ2n) is 4.77. The van der Waals surface area contributed by atoms with Crippen molar-refractivity contribution in [3.05, 3.63) is 43.1 Å². The first kappa shape index (κ1) is 14.6. The molecule has 0 atom stereocenters. The Kier molecular flexibility index (Phi) is 4.12. The summed E-state index contributed by atoms with van der Waals surface area (Å²) in [6, 6.07) is 0. The maximum absolute atomic E-state index is 12.1. The molecule has 0 aliphatic rings. The molecule has 0 radical (unpaired) electrons. The Morgan fingerprint density at radius 1 is 0.600 bits per heavy atom. The molecule has 0 saturated carbocycles. The molecular formula is C16H20O4. The summed E-state index contributed by atoms with van der Waals surface area (Å²) in [6.07, 6.45) is 2.43. The summed E-state index contributed by atoms with van der Waals surface area (Å²) in [5.41, 5.74) is 3.07. The number of fused-ring (bicyclic) bond motifs is 1. The molecule has 0 N–H and O–H groups in total. The van der Waals surface area contributed by atoms with Gasteiger partial charge in [0.2, 0.25) is 0 Å². The van der Waals surface area contributed by atoms with Crippen LogP contribution in [0.2, 0.25) is 0 Å². The van der Waals surface area contributed by atoms with Gasteiger partial charge in [0.15, 0.2) is 11.2 Å². The van der Waals surface area contributed by atoms with Crippen LogP contribution in [0.4, 0.5) is 0 Å². The lowest BCUT2D eigenvalue weighted by Gasteiger charge is -2.11. The number of hydrogen-bond donors (Lipinski definition) is 0. The minimum atomic E-state index is -0.317. The Bertz CT molecular complexity index is 684. The molecule has 0 aliphatic carbocycles. The lowest BCUT2D eigenvalue weighted by atomic mass is 10.00. The van der Waals surface area contributed by atoms with Crippen molar-refractivity contribution in [1.82, 2.24) is 0 Å². The molecular weight excluding hydrogens is 256 g/mol. The number of rotatable bonds is 4. The molecule has 4 nitrogen and oxygen atoms in total. The van der Waals surface area contributed by atoms with Gasteiger partial charge in [-0.25, -0.2) is 9.59 Å². The van der Waals surface area contributed by atoms with E-state index in [2.05, 4.69) is 0 Å². The molecule has 0 aliphatic heterocycles. The Morgan fingerprint density at radius 3 is 1.15 bits per heavy atom. The molecule has 0 bridgehead atoms. The predicted octanol–water partition coefficient (Wildman–Crippen LogP) is 3.00. The maximum Gasteiger partial charge on any atom is 0.339 e. The summed E-state index contributed by atoms with van der Waals surface area (Å²) >= 11 is 0. The zero-order chi connectivity index (χ0) is 14.9. The fraction of sp³-hybridized carbons (Fsp3) is 0.500. The van der Waals surface area contributed by atoms with Gasteiger partial charge < -0.3 is 8.83 Å². The Morgan fingerprint density at radius 2 is 0.900 bits per heavy atom. The van der Waals surface area contributed by atoms with E-state index < -0.39 is 0 Å². The van der Waals surface area contributed by atoms with Crippen LogP contribution in [0.1, 0.15) is 49.9 Å². The van der Waals surface area contributed by atoms with Gasteiger partial charge >= 0.3 is 11.3 Å². The van der Waals surface area contributed by atoms with Crippen molar-refractivity contribution >= 4 is 11.2 Å². The van der Waals surface area contributed by atoms with Crippen molar-refractivity contribution < 1.29 is 8.83 Å². The molecule has 0 fully saturated rings. The fourth-order valence-corrected chi connectivity index (χ4v) is 2.78. The molecule has 4 heteroatoms. The van der Waals surface area contributed by atoms with E-state index in [1.807, 2.05) is 27.7 Å². The highest BCUT2D eigenvalue weighted by Crippen LogP contribution is 2.25. The van der Waals surface area contributed by atoms with E-state index in [1.54, 1.807) is 0 Å². The number of aryl methyl sites for hydroxylation is 2. The van der Waals surface area contributed by atoms with Crippen LogP contribution in [0.3, 0.4) is 0 Å². The molecule has 0 amide bonds. The van der Waals surface area contributed by atoms with Crippen molar-refractivity contribution in [2.24, 2.45) is 0 Å². The summed E-state index contributed by atoms with van der Waals surface area (Å²) in [5, 5.41) is 0. The molecule has 0 unspecified atom stereocenters. The molecule has 20 heavy (non-hydrogen) atoms. The van der Waals surface area contributed by atoms with Crippen LogP contribution in [-0.4, -0.2) is 0 Å². The van der Waals surface area contributed by atoms with Crippen LogP contribution in [0.15, 0.2) is 18.4 Å². The summed E-state index contributed by atoms with van der Waals surface area (Å²) in [4.78, 5) is 24.2. The first-order valence-corrected chi connectivity index (χ1v) is 7.22. The highest BCUT2D eigenvalue weighted by Gasteiger charge is 2.20. The van der Waals surface area contributed by atoms with Crippen LogP contribution >= 0.6 is 0 Å². The lowest BCUT2D eigenvalue weighted by molar-refractivity contribution is 0.494. The van der Waals surface area contributed by atoms with E-state index in [4.69, 9.17) is 8.83 Å².